The zero-order valence-corrected chi connectivity index (χ0v) is 11.9. The van der Waals surface area contributed by atoms with Crippen LogP contribution in [0.3, 0.4) is 0 Å². The van der Waals surface area contributed by atoms with Crippen molar-refractivity contribution in [2.24, 2.45) is 0 Å². The van der Waals surface area contributed by atoms with Crippen molar-refractivity contribution < 1.29 is 4.79 Å². The van der Waals surface area contributed by atoms with Crippen molar-refractivity contribution in [3.63, 3.8) is 0 Å². The monoisotopic (exact) mass is 261 g/mol. The average molecular weight is 261 g/mol. The lowest BCUT2D eigenvalue weighted by atomic mass is 10.1. The van der Waals surface area contributed by atoms with E-state index in [-0.39, 0.29) is 11.9 Å². The van der Waals surface area contributed by atoms with Crippen molar-refractivity contribution in [1.29, 1.82) is 0 Å². The van der Waals surface area contributed by atoms with Gasteiger partial charge in [-0.25, -0.2) is 0 Å². The highest BCUT2D eigenvalue weighted by Crippen LogP contribution is 2.10. The van der Waals surface area contributed by atoms with Crippen LogP contribution >= 0.6 is 0 Å². The van der Waals surface area contributed by atoms with E-state index in [0.717, 1.165) is 38.0 Å². The van der Waals surface area contributed by atoms with Crippen LogP contribution in [-0.2, 0) is 11.3 Å². The van der Waals surface area contributed by atoms with Crippen LogP contribution in [-0.4, -0.2) is 34.9 Å². The molecule has 1 unspecified atom stereocenters. The summed E-state index contributed by atoms with van der Waals surface area (Å²) in [6.07, 6.45) is 7.18. The molecule has 0 radical (unpaired) electrons. The Hall–Kier alpha value is -1.42. The number of pyridine rings is 1. The van der Waals surface area contributed by atoms with Crippen LogP contribution in [0.25, 0.3) is 0 Å². The molecule has 1 aliphatic heterocycles. The lowest BCUT2D eigenvalue weighted by molar-refractivity contribution is -0.133. The van der Waals surface area contributed by atoms with Gasteiger partial charge in [-0.1, -0.05) is 0 Å². The molecule has 4 nitrogen and oxygen atoms in total. The van der Waals surface area contributed by atoms with Gasteiger partial charge < -0.3 is 10.2 Å². The zero-order chi connectivity index (χ0) is 13.7. The summed E-state index contributed by atoms with van der Waals surface area (Å²) in [7, 11) is 0. The Morgan fingerprint density at radius 3 is 2.84 bits per heavy atom. The molecule has 2 rings (SSSR count). The molecular formula is C15H23N3O. The van der Waals surface area contributed by atoms with Crippen LogP contribution < -0.4 is 5.32 Å². The minimum Gasteiger partial charge on any atom is -0.341 e. The number of piperidine rings is 1. The number of rotatable bonds is 4. The number of amides is 1. The minimum atomic E-state index is -0.120. The van der Waals surface area contributed by atoms with Gasteiger partial charge in [-0.2, -0.15) is 0 Å². The van der Waals surface area contributed by atoms with Gasteiger partial charge in [-0.3, -0.25) is 9.78 Å². The quantitative estimate of drug-likeness (QED) is 0.900. The molecule has 1 aromatic heterocycles. The summed E-state index contributed by atoms with van der Waals surface area (Å²) < 4.78 is 0. The highest BCUT2D eigenvalue weighted by Gasteiger charge is 2.21. The fourth-order valence-corrected chi connectivity index (χ4v) is 2.44. The van der Waals surface area contributed by atoms with Gasteiger partial charge in [0.05, 0.1) is 6.04 Å². The number of aryl methyl sites for hydroxylation is 1. The summed E-state index contributed by atoms with van der Waals surface area (Å²) in [4.78, 5) is 18.3. The SMILES string of the molecule is Cc1cnccc1CNC(C)C(=O)N1CCCCC1. The second-order valence-corrected chi connectivity index (χ2v) is 5.29. The first-order valence-electron chi connectivity index (χ1n) is 7.10. The Morgan fingerprint density at radius 1 is 1.42 bits per heavy atom. The van der Waals surface area contributed by atoms with Gasteiger partial charge in [-0.15, -0.1) is 0 Å². The van der Waals surface area contributed by atoms with Crippen molar-refractivity contribution in [2.45, 2.75) is 45.7 Å². The van der Waals surface area contributed by atoms with E-state index in [4.69, 9.17) is 0 Å². The molecule has 0 bridgehead atoms. The van der Waals surface area contributed by atoms with E-state index >= 15 is 0 Å². The molecule has 0 saturated carbocycles. The summed E-state index contributed by atoms with van der Waals surface area (Å²) in [6, 6.07) is 1.88. The third kappa shape index (κ3) is 3.77. The van der Waals surface area contributed by atoms with Gasteiger partial charge in [0.2, 0.25) is 5.91 Å². The van der Waals surface area contributed by atoms with Gasteiger partial charge in [-0.05, 0) is 50.3 Å². The second-order valence-electron chi connectivity index (χ2n) is 5.29. The van der Waals surface area contributed by atoms with E-state index in [1.807, 2.05) is 31.0 Å². The van der Waals surface area contributed by atoms with Crippen LogP contribution in [0.1, 0.15) is 37.3 Å². The predicted molar refractivity (Wildman–Crippen MR) is 75.7 cm³/mol. The van der Waals surface area contributed by atoms with Crippen molar-refractivity contribution in [3.05, 3.63) is 29.6 Å². The van der Waals surface area contributed by atoms with Crippen LogP contribution in [0.2, 0.25) is 0 Å². The van der Waals surface area contributed by atoms with E-state index in [9.17, 15) is 4.79 Å². The molecule has 4 heteroatoms. The number of likely N-dealkylation sites (tertiary alicyclic amines) is 1. The maximum Gasteiger partial charge on any atom is 0.239 e. The van der Waals surface area contributed by atoms with E-state index in [1.54, 1.807) is 6.20 Å². The lowest BCUT2D eigenvalue weighted by Gasteiger charge is -2.29. The molecule has 0 spiro atoms. The van der Waals surface area contributed by atoms with Crippen LogP contribution in [0.15, 0.2) is 18.5 Å². The molecule has 1 aliphatic rings. The fraction of sp³-hybridized carbons (Fsp3) is 0.600. The normalized spacial score (nSPS) is 17.3. The number of hydrogen-bond donors (Lipinski definition) is 1. The van der Waals surface area contributed by atoms with Gasteiger partial charge in [0.15, 0.2) is 0 Å². The number of carbonyl (C=O) groups is 1. The lowest BCUT2D eigenvalue weighted by Crippen LogP contribution is -2.46. The number of carbonyl (C=O) groups excluding carboxylic acids is 1. The third-order valence-corrected chi connectivity index (χ3v) is 3.77. The smallest absolute Gasteiger partial charge is 0.239 e. The molecule has 2 heterocycles. The Kier molecular flexibility index (Phi) is 4.91. The Balaban J connectivity index is 1.85. The van der Waals surface area contributed by atoms with Crippen LogP contribution in [0, 0.1) is 6.92 Å². The summed E-state index contributed by atoms with van der Waals surface area (Å²) in [5.41, 5.74) is 2.36. The van der Waals surface area contributed by atoms with E-state index in [1.165, 1.54) is 12.0 Å². The zero-order valence-electron chi connectivity index (χ0n) is 11.9. The van der Waals surface area contributed by atoms with Gasteiger partial charge in [0.25, 0.3) is 0 Å². The van der Waals surface area contributed by atoms with Crippen molar-refractivity contribution in [3.8, 4) is 0 Å². The molecule has 1 aromatic rings. The molecule has 1 saturated heterocycles. The first-order valence-corrected chi connectivity index (χ1v) is 7.10. The van der Waals surface area contributed by atoms with Crippen molar-refractivity contribution >= 4 is 5.91 Å². The van der Waals surface area contributed by atoms with Crippen molar-refractivity contribution in [1.82, 2.24) is 15.2 Å². The molecule has 1 atom stereocenters. The highest BCUT2D eigenvalue weighted by molar-refractivity contribution is 5.81. The molecule has 1 N–H and O–H groups in total. The first-order chi connectivity index (χ1) is 9.18. The standard InChI is InChI=1S/C15H23N3O/c1-12-10-16-7-6-14(12)11-17-13(2)15(19)18-8-4-3-5-9-18/h6-7,10,13,17H,3-5,8-9,11H2,1-2H3. The second kappa shape index (κ2) is 6.66. The Morgan fingerprint density at radius 2 is 2.16 bits per heavy atom. The molecule has 104 valence electrons. The minimum absolute atomic E-state index is 0.120. The van der Waals surface area contributed by atoms with E-state index < -0.39 is 0 Å². The molecule has 0 aromatic carbocycles. The van der Waals surface area contributed by atoms with Crippen LogP contribution in [0.5, 0.6) is 0 Å². The van der Waals surface area contributed by atoms with E-state index in [2.05, 4.69) is 10.3 Å². The average Bonchev–Trinajstić information content (AvgIpc) is 2.46. The number of aromatic nitrogens is 1. The predicted octanol–water partition coefficient (Wildman–Crippen LogP) is 1.88. The molecule has 19 heavy (non-hydrogen) atoms. The molecule has 1 amide bonds. The molecular weight excluding hydrogens is 238 g/mol. The number of nitrogens with one attached hydrogen (secondary N) is 1. The maximum absolute atomic E-state index is 12.3. The summed E-state index contributed by atoms with van der Waals surface area (Å²) in [5.74, 6) is 0.228. The highest BCUT2D eigenvalue weighted by atomic mass is 16.2. The Bertz CT molecular complexity index is 427. The molecule has 1 fully saturated rings. The number of nitrogens with zero attached hydrogens (tertiary/aromatic N) is 2. The Labute approximate surface area is 115 Å². The summed E-state index contributed by atoms with van der Waals surface area (Å²) in [6.45, 7) is 6.54. The summed E-state index contributed by atoms with van der Waals surface area (Å²) >= 11 is 0. The van der Waals surface area contributed by atoms with Gasteiger partial charge >= 0.3 is 0 Å². The van der Waals surface area contributed by atoms with Gasteiger partial charge in [0, 0.05) is 32.0 Å². The van der Waals surface area contributed by atoms with E-state index in [0.29, 0.717) is 0 Å². The topological polar surface area (TPSA) is 45.2 Å². The fourth-order valence-electron chi connectivity index (χ4n) is 2.44. The first kappa shape index (κ1) is 14.0. The van der Waals surface area contributed by atoms with Crippen LogP contribution in [0.4, 0.5) is 0 Å². The molecule has 0 aliphatic carbocycles. The van der Waals surface area contributed by atoms with Gasteiger partial charge in [0.1, 0.15) is 0 Å². The largest absolute Gasteiger partial charge is 0.341 e. The number of hydrogen-bond acceptors (Lipinski definition) is 3. The van der Waals surface area contributed by atoms with Crippen molar-refractivity contribution in [2.75, 3.05) is 13.1 Å². The maximum atomic E-state index is 12.3. The summed E-state index contributed by atoms with van der Waals surface area (Å²) in [5, 5.41) is 3.32. The third-order valence-electron chi connectivity index (χ3n) is 3.77.